The molecule has 0 bridgehead atoms. The van der Waals surface area contributed by atoms with Crippen molar-refractivity contribution < 1.29 is 14.0 Å². The van der Waals surface area contributed by atoms with E-state index in [1.54, 1.807) is 21.9 Å². The maximum absolute atomic E-state index is 12.1. The van der Waals surface area contributed by atoms with Crippen LogP contribution in [-0.2, 0) is 4.79 Å². The molecule has 0 atom stereocenters. The number of rotatable bonds is 4. The Hall–Kier alpha value is -2.29. The number of hydrogen-bond donors (Lipinski definition) is 1. The molecule has 116 valence electrons. The molecule has 0 aromatic carbocycles. The third-order valence-corrected chi connectivity index (χ3v) is 4.24. The molecule has 1 aliphatic heterocycles. The molecule has 0 radical (unpaired) electrons. The van der Waals surface area contributed by atoms with E-state index in [1.165, 1.54) is 24.4 Å². The molecule has 0 saturated carbocycles. The van der Waals surface area contributed by atoms with Gasteiger partial charge in [-0.3, -0.25) is 14.7 Å². The van der Waals surface area contributed by atoms with Gasteiger partial charge in [0.15, 0.2) is 10.9 Å². The number of amides is 2. The van der Waals surface area contributed by atoms with Crippen LogP contribution in [0.5, 0.6) is 0 Å². The highest BCUT2D eigenvalue weighted by Crippen LogP contribution is 2.14. The number of aromatic nitrogens is 3. The molecule has 2 aromatic rings. The van der Waals surface area contributed by atoms with Crippen LogP contribution in [0.15, 0.2) is 34.3 Å². The fourth-order valence-electron chi connectivity index (χ4n) is 2.20. The van der Waals surface area contributed by atoms with Gasteiger partial charge in [-0.1, -0.05) is 11.8 Å². The highest BCUT2D eigenvalue weighted by Gasteiger charge is 2.26. The number of furan rings is 1. The van der Waals surface area contributed by atoms with Crippen LogP contribution in [0.4, 0.5) is 0 Å². The summed E-state index contributed by atoms with van der Waals surface area (Å²) in [7, 11) is 0. The van der Waals surface area contributed by atoms with Crippen LogP contribution in [0.3, 0.4) is 0 Å². The number of hydrogen-bond acceptors (Lipinski definition) is 6. The standard InChI is InChI=1S/C13H15N5O3S/c19-11(8-22-13-14-9-15-16-13)17-3-5-18(6-4-17)12(20)10-2-1-7-21-10/h1-2,7,9H,3-6,8H2,(H,14,15,16). The van der Waals surface area contributed by atoms with E-state index in [-0.39, 0.29) is 11.8 Å². The second-order valence-corrected chi connectivity index (χ2v) is 5.69. The van der Waals surface area contributed by atoms with Crippen molar-refractivity contribution in [1.29, 1.82) is 0 Å². The molecule has 3 rings (SSSR count). The van der Waals surface area contributed by atoms with E-state index in [9.17, 15) is 9.59 Å². The number of aromatic amines is 1. The minimum atomic E-state index is -0.131. The first-order valence-electron chi connectivity index (χ1n) is 6.83. The Balaban J connectivity index is 1.47. The van der Waals surface area contributed by atoms with Crippen molar-refractivity contribution in [2.75, 3.05) is 31.9 Å². The second-order valence-electron chi connectivity index (χ2n) is 4.73. The van der Waals surface area contributed by atoms with Crippen LogP contribution in [-0.4, -0.2) is 68.7 Å². The predicted molar refractivity (Wildman–Crippen MR) is 78.3 cm³/mol. The first kappa shape index (κ1) is 14.6. The summed E-state index contributed by atoms with van der Waals surface area (Å²) in [4.78, 5) is 31.7. The van der Waals surface area contributed by atoms with E-state index in [1.807, 2.05) is 0 Å². The van der Waals surface area contributed by atoms with Gasteiger partial charge in [-0.05, 0) is 12.1 Å². The predicted octanol–water partition coefficient (Wildman–Crippen LogP) is 0.474. The number of carbonyl (C=O) groups excluding carboxylic acids is 2. The van der Waals surface area contributed by atoms with Gasteiger partial charge in [-0.25, -0.2) is 4.98 Å². The van der Waals surface area contributed by atoms with Crippen molar-refractivity contribution in [3.8, 4) is 0 Å². The molecule has 1 fully saturated rings. The van der Waals surface area contributed by atoms with Gasteiger partial charge in [0.05, 0.1) is 12.0 Å². The average Bonchev–Trinajstić information content (AvgIpc) is 3.25. The normalized spacial score (nSPS) is 15.1. The largest absolute Gasteiger partial charge is 0.459 e. The van der Waals surface area contributed by atoms with Crippen molar-refractivity contribution >= 4 is 23.6 Å². The molecule has 9 heteroatoms. The highest BCUT2D eigenvalue weighted by atomic mass is 32.2. The summed E-state index contributed by atoms with van der Waals surface area (Å²) in [6.45, 7) is 2.08. The lowest BCUT2D eigenvalue weighted by Gasteiger charge is -2.34. The van der Waals surface area contributed by atoms with E-state index in [4.69, 9.17) is 4.42 Å². The van der Waals surface area contributed by atoms with Crippen LogP contribution in [0.1, 0.15) is 10.6 Å². The van der Waals surface area contributed by atoms with Crippen LogP contribution >= 0.6 is 11.8 Å². The monoisotopic (exact) mass is 321 g/mol. The minimum absolute atomic E-state index is 0.0338. The van der Waals surface area contributed by atoms with Crippen LogP contribution in [0, 0.1) is 0 Å². The minimum Gasteiger partial charge on any atom is -0.459 e. The van der Waals surface area contributed by atoms with Gasteiger partial charge in [0.2, 0.25) is 5.91 Å². The number of piperazine rings is 1. The van der Waals surface area contributed by atoms with Crippen molar-refractivity contribution in [3.63, 3.8) is 0 Å². The molecular weight excluding hydrogens is 306 g/mol. The van der Waals surface area contributed by atoms with E-state index < -0.39 is 0 Å². The molecule has 0 aliphatic carbocycles. The SMILES string of the molecule is O=C(CSc1ncn[nH]1)N1CCN(C(=O)c2ccco2)CC1. The summed E-state index contributed by atoms with van der Waals surface area (Å²) >= 11 is 1.32. The van der Waals surface area contributed by atoms with E-state index in [2.05, 4.69) is 15.2 Å². The summed E-state index contributed by atoms with van der Waals surface area (Å²) in [5, 5.41) is 7.06. The topological polar surface area (TPSA) is 95.3 Å². The molecule has 2 aromatic heterocycles. The zero-order valence-electron chi connectivity index (χ0n) is 11.8. The van der Waals surface area contributed by atoms with Crippen molar-refractivity contribution in [2.45, 2.75) is 5.16 Å². The lowest BCUT2D eigenvalue weighted by Crippen LogP contribution is -2.51. The van der Waals surface area contributed by atoms with Gasteiger partial charge in [-0.2, -0.15) is 5.10 Å². The molecule has 1 N–H and O–H groups in total. The maximum Gasteiger partial charge on any atom is 0.289 e. The van der Waals surface area contributed by atoms with Gasteiger partial charge >= 0.3 is 0 Å². The van der Waals surface area contributed by atoms with Crippen LogP contribution < -0.4 is 0 Å². The Morgan fingerprint density at radius 2 is 2.05 bits per heavy atom. The van der Waals surface area contributed by atoms with Crippen LogP contribution in [0.25, 0.3) is 0 Å². The maximum atomic E-state index is 12.1. The van der Waals surface area contributed by atoms with Crippen molar-refractivity contribution in [2.24, 2.45) is 0 Å². The molecule has 22 heavy (non-hydrogen) atoms. The van der Waals surface area contributed by atoms with Crippen molar-refractivity contribution in [1.82, 2.24) is 25.0 Å². The Labute approximate surface area is 130 Å². The summed E-state index contributed by atoms with van der Waals surface area (Å²) in [6.07, 6.45) is 2.89. The van der Waals surface area contributed by atoms with Gasteiger partial charge in [0, 0.05) is 26.2 Å². The Bertz CT molecular complexity index is 620. The van der Waals surface area contributed by atoms with Gasteiger partial charge < -0.3 is 14.2 Å². The number of thioether (sulfide) groups is 1. The van der Waals surface area contributed by atoms with Gasteiger partial charge in [0.25, 0.3) is 5.91 Å². The second kappa shape index (κ2) is 6.65. The van der Waals surface area contributed by atoms with E-state index in [0.29, 0.717) is 42.8 Å². The first-order chi connectivity index (χ1) is 10.7. The molecule has 0 unspecified atom stereocenters. The quantitative estimate of drug-likeness (QED) is 0.823. The lowest BCUT2D eigenvalue weighted by atomic mass is 10.3. The Morgan fingerprint density at radius 3 is 2.68 bits per heavy atom. The van der Waals surface area contributed by atoms with Gasteiger partial charge in [0.1, 0.15) is 6.33 Å². The van der Waals surface area contributed by atoms with Gasteiger partial charge in [-0.15, -0.1) is 0 Å². The highest BCUT2D eigenvalue weighted by molar-refractivity contribution is 7.99. The molecule has 8 nitrogen and oxygen atoms in total. The van der Waals surface area contributed by atoms with E-state index >= 15 is 0 Å². The number of carbonyl (C=O) groups is 2. The first-order valence-corrected chi connectivity index (χ1v) is 7.81. The molecule has 3 heterocycles. The Morgan fingerprint density at radius 1 is 1.27 bits per heavy atom. The molecular formula is C13H15N5O3S. The molecule has 2 amide bonds. The number of nitrogens with one attached hydrogen (secondary N) is 1. The molecule has 0 spiro atoms. The summed E-state index contributed by atoms with van der Waals surface area (Å²) in [5.74, 6) is 0.543. The average molecular weight is 321 g/mol. The summed E-state index contributed by atoms with van der Waals surface area (Å²) in [6, 6.07) is 3.33. The van der Waals surface area contributed by atoms with Crippen molar-refractivity contribution in [3.05, 3.63) is 30.5 Å². The smallest absolute Gasteiger partial charge is 0.289 e. The zero-order valence-corrected chi connectivity index (χ0v) is 12.6. The summed E-state index contributed by atoms with van der Waals surface area (Å²) < 4.78 is 5.11. The Kier molecular flexibility index (Phi) is 4.42. The fourth-order valence-corrected chi connectivity index (χ4v) is 2.88. The molecule has 1 saturated heterocycles. The van der Waals surface area contributed by atoms with Crippen LogP contribution in [0.2, 0.25) is 0 Å². The zero-order chi connectivity index (χ0) is 15.4. The third-order valence-electron chi connectivity index (χ3n) is 3.38. The summed E-state index contributed by atoms with van der Waals surface area (Å²) in [5.41, 5.74) is 0. The fraction of sp³-hybridized carbons (Fsp3) is 0.385. The number of nitrogens with zero attached hydrogens (tertiary/aromatic N) is 4. The number of H-pyrrole nitrogens is 1. The van der Waals surface area contributed by atoms with E-state index in [0.717, 1.165) is 0 Å². The molecule has 1 aliphatic rings. The third kappa shape index (κ3) is 3.30. The lowest BCUT2D eigenvalue weighted by molar-refractivity contribution is -0.129.